The summed E-state index contributed by atoms with van der Waals surface area (Å²) in [6.07, 6.45) is 8.52. The molecule has 0 spiro atoms. The Morgan fingerprint density at radius 2 is 1.79 bits per heavy atom. The summed E-state index contributed by atoms with van der Waals surface area (Å²) in [6.45, 7) is 6.50. The van der Waals surface area contributed by atoms with Crippen molar-refractivity contribution in [2.75, 3.05) is 0 Å². The van der Waals surface area contributed by atoms with E-state index in [-0.39, 0.29) is 0 Å². The third-order valence-corrected chi connectivity index (χ3v) is 1.99. The lowest BCUT2D eigenvalue weighted by Gasteiger charge is -2.11. The fourth-order valence-corrected chi connectivity index (χ4v) is 1.43. The van der Waals surface area contributed by atoms with Crippen LogP contribution in [-0.2, 0) is 12.8 Å². The lowest BCUT2D eigenvalue weighted by atomic mass is 9.98. The van der Waals surface area contributed by atoms with Crippen molar-refractivity contribution in [2.45, 2.75) is 46.5 Å². The van der Waals surface area contributed by atoms with Crippen molar-refractivity contribution < 1.29 is 0 Å². The number of hydrogen-bond donors (Lipinski definition) is 0. The SMILES string of the molecule is CC(C)C.c1ncc2c(n1)CCCC2. The summed E-state index contributed by atoms with van der Waals surface area (Å²) >= 11 is 0. The van der Waals surface area contributed by atoms with E-state index in [2.05, 4.69) is 30.7 Å². The highest BCUT2D eigenvalue weighted by Gasteiger charge is 2.08. The molecule has 0 aromatic carbocycles. The molecule has 0 unspecified atom stereocenters. The van der Waals surface area contributed by atoms with E-state index >= 15 is 0 Å². The average Bonchev–Trinajstić information content (AvgIpc) is 2.17. The van der Waals surface area contributed by atoms with Gasteiger partial charge in [-0.25, -0.2) is 9.97 Å². The lowest BCUT2D eigenvalue weighted by Crippen LogP contribution is -2.04. The zero-order chi connectivity index (χ0) is 10.4. The van der Waals surface area contributed by atoms with Gasteiger partial charge >= 0.3 is 0 Å². The Bertz CT molecular complexity index is 241. The van der Waals surface area contributed by atoms with Gasteiger partial charge in [0.1, 0.15) is 6.33 Å². The van der Waals surface area contributed by atoms with Crippen molar-refractivity contribution in [3.05, 3.63) is 23.8 Å². The Morgan fingerprint density at radius 3 is 2.43 bits per heavy atom. The monoisotopic (exact) mass is 192 g/mol. The van der Waals surface area contributed by atoms with Crippen molar-refractivity contribution >= 4 is 0 Å². The first-order valence-electron chi connectivity index (χ1n) is 5.48. The van der Waals surface area contributed by atoms with E-state index in [9.17, 15) is 0 Å². The number of aromatic nitrogens is 2. The van der Waals surface area contributed by atoms with Crippen LogP contribution in [0.2, 0.25) is 0 Å². The largest absolute Gasteiger partial charge is 0.245 e. The highest BCUT2D eigenvalue weighted by Crippen LogP contribution is 2.16. The molecular formula is C12H20N2. The Labute approximate surface area is 86.8 Å². The van der Waals surface area contributed by atoms with Gasteiger partial charge in [-0.3, -0.25) is 0 Å². The van der Waals surface area contributed by atoms with Crippen LogP contribution in [0.5, 0.6) is 0 Å². The van der Waals surface area contributed by atoms with E-state index in [0.29, 0.717) is 0 Å². The van der Waals surface area contributed by atoms with Gasteiger partial charge in [0.05, 0.1) is 0 Å². The molecule has 1 aromatic rings. The molecule has 0 fully saturated rings. The first-order chi connectivity index (χ1) is 6.70. The third kappa shape index (κ3) is 3.86. The maximum atomic E-state index is 4.21. The van der Waals surface area contributed by atoms with Crippen LogP contribution in [0.4, 0.5) is 0 Å². The van der Waals surface area contributed by atoms with E-state index in [0.717, 1.165) is 12.3 Å². The summed E-state index contributed by atoms with van der Waals surface area (Å²) in [4.78, 5) is 8.20. The second kappa shape index (κ2) is 5.74. The number of hydrogen-bond acceptors (Lipinski definition) is 2. The minimum absolute atomic E-state index is 0.833. The summed E-state index contributed by atoms with van der Waals surface area (Å²) in [7, 11) is 0. The zero-order valence-electron chi connectivity index (χ0n) is 9.45. The maximum Gasteiger partial charge on any atom is 0.115 e. The second-order valence-electron chi connectivity index (χ2n) is 4.43. The standard InChI is InChI=1S/C8H10N2.C4H10/c1-2-4-8-7(3-1)5-9-6-10-8;1-4(2)3/h5-6H,1-4H2;4H,1-3H3. The second-order valence-corrected chi connectivity index (χ2v) is 4.43. The van der Waals surface area contributed by atoms with E-state index in [1.807, 2.05) is 6.20 Å². The van der Waals surface area contributed by atoms with Crippen LogP contribution in [0.15, 0.2) is 12.5 Å². The van der Waals surface area contributed by atoms with E-state index in [1.165, 1.54) is 30.5 Å². The molecule has 0 radical (unpaired) electrons. The van der Waals surface area contributed by atoms with Gasteiger partial charge in [0.15, 0.2) is 0 Å². The molecule has 0 saturated carbocycles. The molecule has 1 heterocycles. The Morgan fingerprint density at radius 1 is 1.14 bits per heavy atom. The Balaban J connectivity index is 0.000000213. The van der Waals surface area contributed by atoms with Gasteiger partial charge < -0.3 is 0 Å². The van der Waals surface area contributed by atoms with Crippen LogP contribution in [-0.4, -0.2) is 9.97 Å². The van der Waals surface area contributed by atoms with Crippen molar-refractivity contribution in [2.24, 2.45) is 5.92 Å². The highest BCUT2D eigenvalue weighted by molar-refractivity contribution is 5.18. The van der Waals surface area contributed by atoms with Gasteiger partial charge in [-0.15, -0.1) is 0 Å². The van der Waals surface area contributed by atoms with Gasteiger partial charge in [-0.2, -0.15) is 0 Å². The van der Waals surface area contributed by atoms with Crippen LogP contribution < -0.4 is 0 Å². The van der Waals surface area contributed by atoms with Crippen molar-refractivity contribution in [3.8, 4) is 0 Å². The maximum absolute atomic E-state index is 4.21. The third-order valence-electron chi connectivity index (χ3n) is 1.99. The van der Waals surface area contributed by atoms with Crippen LogP contribution in [0, 0.1) is 5.92 Å². The van der Waals surface area contributed by atoms with E-state index < -0.39 is 0 Å². The molecule has 1 aliphatic carbocycles. The average molecular weight is 192 g/mol. The van der Waals surface area contributed by atoms with Gasteiger partial charge in [0, 0.05) is 11.9 Å². The van der Waals surface area contributed by atoms with Gasteiger partial charge in [0.25, 0.3) is 0 Å². The smallest absolute Gasteiger partial charge is 0.115 e. The molecule has 2 nitrogen and oxygen atoms in total. The molecule has 78 valence electrons. The molecule has 0 atom stereocenters. The predicted molar refractivity (Wildman–Crippen MR) is 59.2 cm³/mol. The van der Waals surface area contributed by atoms with Gasteiger partial charge in [-0.1, -0.05) is 20.8 Å². The summed E-state index contributed by atoms with van der Waals surface area (Å²) in [5.41, 5.74) is 2.62. The quantitative estimate of drug-likeness (QED) is 0.631. The molecule has 2 heteroatoms. The molecule has 0 amide bonds. The summed E-state index contributed by atoms with van der Waals surface area (Å²) in [5, 5.41) is 0. The molecule has 0 saturated heterocycles. The lowest BCUT2D eigenvalue weighted by molar-refractivity contribution is 0.662. The first-order valence-corrected chi connectivity index (χ1v) is 5.48. The molecule has 1 aliphatic rings. The van der Waals surface area contributed by atoms with Crippen LogP contribution >= 0.6 is 0 Å². The number of nitrogens with zero attached hydrogens (tertiary/aromatic N) is 2. The van der Waals surface area contributed by atoms with Crippen LogP contribution in [0.3, 0.4) is 0 Å². The normalized spacial score (nSPS) is 14.3. The fraction of sp³-hybridized carbons (Fsp3) is 0.667. The molecule has 0 bridgehead atoms. The van der Waals surface area contributed by atoms with Gasteiger partial charge in [-0.05, 0) is 37.2 Å². The topological polar surface area (TPSA) is 25.8 Å². The molecule has 1 aromatic heterocycles. The minimum atomic E-state index is 0.833. The Kier molecular flexibility index (Phi) is 4.57. The summed E-state index contributed by atoms with van der Waals surface area (Å²) < 4.78 is 0. The number of rotatable bonds is 0. The highest BCUT2D eigenvalue weighted by atomic mass is 14.8. The minimum Gasteiger partial charge on any atom is -0.245 e. The summed E-state index contributed by atoms with van der Waals surface area (Å²) in [5.74, 6) is 0.833. The van der Waals surface area contributed by atoms with Crippen LogP contribution in [0.1, 0.15) is 44.9 Å². The molecule has 2 rings (SSSR count). The van der Waals surface area contributed by atoms with Crippen LogP contribution in [0.25, 0.3) is 0 Å². The summed E-state index contributed by atoms with van der Waals surface area (Å²) in [6, 6.07) is 0. The molecular weight excluding hydrogens is 172 g/mol. The number of aryl methyl sites for hydroxylation is 2. The van der Waals surface area contributed by atoms with Crippen molar-refractivity contribution in [3.63, 3.8) is 0 Å². The van der Waals surface area contributed by atoms with Gasteiger partial charge in [0.2, 0.25) is 0 Å². The first kappa shape index (κ1) is 11.2. The molecule has 14 heavy (non-hydrogen) atoms. The molecule has 0 N–H and O–H groups in total. The molecule has 0 aliphatic heterocycles. The predicted octanol–water partition coefficient (Wildman–Crippen LogP) is 3.02. The van der Waals surface area contributed by atoms with Crippen molar-refractivity contribution in [1.82, 2.24) is 9.97 Å². The van der Waals surface area contributed by atoms with Crippen molar-refractivity contribution in [1.29, 1.82) is 0 Å². The van der Waals surface area contributed by atoms with E-state index in [4.69, 9.17) is 0 Å². The Hall–Kier alpha value is -0.920. The zero-order valence-corrected chi connectivity index (χ0v) is 9.45. The number of fused-ring (bicyclic) bond motifs is 1. The van der Waals surface area contributed by atoms with E-state index in [1.54, 1.807) is 6.33 Å². The fourth-order valence-electron chi connectivity index (χ4n) is 1.43.